The molecule has 0 unspecified atom stereocenters. The van der Waals surface area contributed by atoms with Crippen LogP contribution >= 0.6 is 0 Å². The molecule has 1 aromatic carbocycles. The molecule has 0 aromatic heterocycles. The van der Waals surface area contributed by atoms with Gasteiger partial charge in [0.15, 0.2) is 5.78 Å². The minimum Gasteiger partial charge on any atom is -0.461 e. The maximum absolute atomic E-state index is 14.5. The molecule has 4 saturated carbocycles. The van der Waals surface area contributed by atoms with Crippen LogP contribution in [0.3, 0.4) is 0 Å². The fourth-order valence-corrected chi connectivity index (χ4v) is 11.2. The Labute approximate surface area is 228 Å². The number of carbonyl (C=O) groups is 2. The average molecular weight is 544 g/mol. The molecule has 38 heavy (non-hydrogen) atoms. The normalized spacial score (nSPS) is 30.0. The lowest BCUT2D eigenvalue weighted by Crippen LogP contribution is -2.54. The SMILES string of the molecule is CC1(C)[C@@H]2CC[C@@]1(CS(=O)(=O)N(C1CCCCC1)C1CCCCC1)[C@H](OC(=O)CC(=O)c1ccccc1)C2. The molecular weight excluding hydrogens is 498 g/mol. The maximum atomic E-state index is 14.5. The van der Waals surface area contributed by atoms with E-state index in [-0.39, 0.29) is 35.5 Å². The second kappa shape index (κ2) is 11.0. The molecule has 0 radical (unpaired) electrons. The molecule has 0 saturated heterocycles. The summed E-state index contributed by atoms with van der Waals surface area (Å²) in [5.41, 5.74) is -0.381. The second-order valence-corrected chi connectivity index (χ2v) is 14.8. The van der Waals surface area contributed by atoms with Crippen LogP contribution in [0.2, 0.25) is 0 Å². The monoisotopic (exact) mass is 543 g/mol. The van der Waals surface area contributed by atoms with E-state index in [1.165, 1.54) is 12.8 Å². The molecule has 4 fully saturated rings. The first-order valence-corrected chi connectivity index (χ1v) is 16.5. The van der Waals surface area contributed by atoms with Crippen molar-refractivity contribution in [2.45, 2.75) is 122 Å². The van der Waals surface area contributed by atoms with Crippen LogP contribution in [0.1, 0.15) is 114 Å². The fraction of sp³-hybridized carbons (Fsp3) is 0.742. The highest BCUT2D eigenvalue weighted by Crippen LogP contribution is 2.67. The average Bonchev–Trinajstić information content (AvgIpc) is 3.25. The number of rotatable bonds is 9. The molecule has 0 amide bonds. The highest BCUT2D eigenvalue weighted by atomic mass is 32.2. The molecule has 2 bridgehead atoms. The minimum absolute atomic E-state index is 0.0427. The molecule has 0 heterocycles. The first-order valence-electron chi connectivity index (χ1n) is 14.9. The van der Waals surface area contributed by atoms with Gasteiger partial charge in [0.25, 0.3) is 0 Å². The number of Topliss-reactive ketones (excluding diaryl/α,β-unsaturated/α-hetero) is 1. The first-order chi connectivity index (χ1) is 18.1. The summed E-state index contributed by atoms with van der Waals surface area (Å²) in [4.78, 5) is 25.7. The molecule has 6 nitrogen and oxygen atoms in total. The van der Waals surface area contributed by atoms with Crippen molar-refractivity contribution in [2.75, 3.05) is 5.75 Å². The summed E-state index contributed by atoms with van der Waals surface area (Å²) in [6.45, 7) is 4.35. The summed E-state index contributed by atoms with van der Waals surface area (Å²) in [6.07, 6.45) is 12.2. The Balaban J connectivity index is 1.38. The van der Waals surface area contributed by atoms with E-state index in [4.69, 9.17) is 4.74 Å². The highest BCUT2D eigenvalue weighted by molar-refractivity contribution is 7.89. The Kier molecular flexibility index (Phi) is 8.08. The van der Waals surface area contributed by atoms with Crippen molar-refractivity contribution < 1.29 is 22.7 Å². The van der Waals surface area contributed by atoms with Crippen molar-refractivity contribution in [3.05, 3.63) is 35.9 Å². The van der Waals surface area contributed by atoms with E-state index < -0.39 is 27.5 Å². The van der Waals surface area contributed by atoms with Crippen LogP contribution in [0, 0.1) is 16.7 Å². The summed E-state index contributed by atoms with van der Waals surface area (Å²) in [5.74, 6) is -0.444. The van der Waals surface area contributed by atoms with Crippen molar-refractivity contribution in [3.8, 4) is 0 Å². The number of hydrogen-bond donors (Lipinski definition) is 0. The van der Waals surface area contributed by atoms with Gasteiger partial charge in [0.2, 0.25) is 10.0 Å². The highest BCUT2D eigenvalue weighted by Gasteiger charge is 2.67. The Bertz CT molecular complexity index is 1090. The van der Waals surface area contributed by atoms with Crippen LogP contribution in [-0.2, 0) is 19.6 Å². The standard InChI is InChI=1S/C31H45NO5S/c1-30(2)24-18-19-31(30,28(20-24)37-29(34)21-27(33)23-12-6-3-7-13-23)22-38(35,36)32(25-14-8-4-9-15-25)26-16-10-5-11-17-26/h3,6-7,12-13,24-26,28H,4-5,8-11,14-22H2,1-2H3/t24-,28-,31-/m1/s1. The van der Waals surface area contributed by atoms with Gasteiger partial charge in [-0.15, -0.1) is 0 Å². The lowest BCUT2D eigenvalue weighted by molar-refractivity contribution is -0.155. The molecule has 0 spiro atoms. The third-order valence-electron chi connectivity index (χ3n) is 10.7. The molecule has 4 aliphatic carbocycles. The van der Waals surface area contributed by atoms with Crippen molar-refractivity contribution in [1.82, 2.24) is 4.31 Å². The van der Waals surface area contributed by atoms with Crippen molar-refractivity contribution >= 4 is 21.8 Å². The van der Waals surface area contributed by atoms with Gasteiger partial charge >= 0.3 is 5.97 Å². The van der Waals surface area contributed by atoms with Crippen molar-refractivity contribution in [2.24, 2.45) is 16.7 Å². The van der Waals surface area contributed by atoms with E-state index in [1.807, 2.05) is 10.4 Å². The lowest BCUT2D eigenvalue weighted by atomic mass is 9.69. The van der Waals surface area contributed by atoms with Gasteiger partial charge in [0, 0.05) is 23.1 Å². The number of fused-ring (bicyclic) bond motifs is 2. The summed E-state index contributed by atoms with van der Waals surface area (Å²) >= 11 is 0. The quantitative estimate of drug-likeness (QED) is 0.208. The Morgan fingerprint density at radius 2 is 1.47 bits per heavy atom. The van der Waals surface area contributed by atoms with Gasteiger partial charge in [-0.25, -0.2) is 8.42 Å². The molecule has 5 rings (SSSR count). The number of ether oxygens (including phenoxy) is 1. The van der Waals surface area contributed by atoms with Gasteiger partial charge in [0.1, 0.15) is 12.5 Å². The number of carbonyl (C=O) groups excluding carboxylic acids is 2. The van der Waals surface area contributed by atoms with Crippen LogP contribution in [0.25, 0.3) is 0 Å². The van der Waals surface area contributed by atoms with E-state index in [0.29, 0.717) is 17.9 Å². The molecule has 3 atom stereocenters. The number of nitrogens with zero attached hydrogens (tertiary/aromatic N) is 1. The zero-order chi connectivity index (χ0) is 27.0. The van der Waals surface area contributed by atoms with Gasteiger partial charge in [-0.1, -0.05) is 82.7 Å². The largest absolute Gasteiger partial charge is 0.461 e. The molecule has 7 heteroatoms. The van der Waals surface area contributed by atoms with E-state index >= 15 is 0 Å². The molecule has 210 valence electrons. The number of esters is 1. The van der Waals surface area contributed by atoms with Gasteiger partial charge in [-0.2, -0.15) is 4.31 Å². The minimum atomic E-state index is -3.58. The summed E-state index contributed by atoms with van der Waals surface area (Å²) in [6, 6.07) is 8.99. The zero-order valence-electron chi connectivity index (χ0n) is 23.2. The maximum Gasteiger partial charge on any atom is 0.313 e. The summed E-state index contributed by atoms with van der Waals surface area (Å²) < 4.78 is 37.0. The van der Waals surface area contributed by atoms with E-state index in [2.05, 4.69) is 13.8 Å². The Hall–Kier alpha value is -1.73. The summed E-state index contributed by atoms with van der Waals surface area (Å²) in [5, 5.41) is 0. The zero-order valence-corrected chi connectivity index (χ0v) is 24.0. The molecular formula is C31H45NO5S. The first kappa shape index (κ1) is 27.8. The molecule has 1 aromatic rings. The van der Waals surface area contributed by atoms with Crippen LogP contribution in [0.4, 0.5) is 0 Å². The molecule has 0 N–H and O–H groups in total. The van der Waals surface area contributed by atoms with Crippen molar-refractivity contribution in [3.63, 3.8) is 0 Å². The van der Waals surface area contributed by atoms with Gasteiger partial charge in [0.05, 0.1) is 5.75 Å². The smallest absolute Gasteiger partial charge is 0.313 e. The second-order valence-electron chi connectivity index (χ2n) is 13.0. The van der Waals surface area contributed by atoms with Crippen LogP contribution in [0.5, 0.6) is 0 Å². The Morgan fingerprint density at radius 1 is 0.895 bits per heavy atom. The van der Waals surface area contributed by atoms with Crippen LogP contribution < -0.4 is 0 Å². The fourth-order valence-electron chi connectivity index (χ4n) is 8.39. The Morgan fingerprint density at radius 3 is 2.03 bits per heavy atom. The number of benzene rings is 1. The van der Waals surface area contributed by atoms with Gasteiger partial charge in [-0.05, 0) is 56.3 Å². The van der Waals surface area contributed by atoms with E-state index in [0.717, 1.165) is 64.2 Å². The third-order valence-corrected chi connectivity index (χ3v) is 12.8. The summed E-state index contributed by atoms with van der Waals surface area (Å²) in [7, 11) is -3.58. The molecule has 0 aliphatic heterocycles. The van der Waals surface area contributed by atoms with E-state index in [9.17, 15) is 18.0 Å². The predicted octanol–water partition coefficient (Wildman–Crippen LogP) is 6.29. The lowest BCUT2D eigenvalue weighted by Gasteiger charge is -2.46. The van der Waals surface area contributed by atoms with Gasteiger partial charge in [-0.3, -0.25) is 9.59 Å². The predicted molar refractivity (Wildman–Crippen MR) is 148 cm³/mol. The number of sulfonamides is 1. The van der Waals surface area contributed by atoms with E-state index in [1.54, 1.807) is 24.3 Å². The van der Waals surface area contributed by atoms with Gasteiger partial charge < -0.3 is 4.74 Å². The third kappa shape index (κ3) is 5.22. The van der Waals surface area contributed by atoms with Crippen LogP contribution in [-0.4, -0.2) is 48.4 Å². The number of hydrogen-bond acceptors (Lipinski definition) is 5. The van der Waals surface area contributed by atoms with Crippen LogP contribution in [0.15, 0.2) is 30.3 Å². The number of ketones is 1. The molecule has 4 aliphatic rings. The topological polar surface area (TPSA) is 80.8 Å². The van der Waals surface area contributed by atoms with Crippen molar-refractivity contribution in [1.29, 1.82) is 0 Å².